The molecule has 3 amide bonds. The van der Waals surface area contributed by atoms with Crippen LogP contribution >= 0.6 is 0 Å². The number of hydrogen-bond acceptors (Lipinski definition) is 4. The molecule has 0 saturated heterocycles. The van der Waals surface area contributed by atoms with Crippen LogP contribution in [0.4, 0.5) is 24.7 Å². The Kier molecular flexibility index (Phi) is 7.12. The lowest BCUT2D eigenvalue weighted by Gasteiger charge is -2.20. The van der Waals surface area contributed by atoms with Crippen molar-refractivity contribution in [1.29, 1.82) is 0 Å². The molecule has 0 atom stereocenters. The maximum Gasteiger partial charge on any atom is 0.416 e. The Bertz CT molecular complexity index is 1630. The van der Waals surface area contributed by atoms with Crippen LogP contribution in [0.15, 0.2) is 72.9 Å². The van der Waals surface area contributed by atoms with Crippen LogP contribution in [0, 0.1) is 0 Å². The Labute approximate surface area is 227 Å². The highest BCUT2D eigenvalue weighted by Gasteiger charge is 2.30. The van der Waals surface area contributed by atoms with Gasteiger partial charge in [0.2, 0.25) is 5.91 Å². The van der Waals surface area contributed by atoms with Crippen LogP contribution in [-0.2, 0) is 19.0 Å². The van der Waals surface area contributed by atoms with Crippen molar-refractivity contribution in [1.82, 2.24) is 9.78 Å². The van der Waals surface area contributed by atoms with Gasteiger partial charge in [0.15, 0.2) is 5.82 Å². The van der Waals surface area contributed by atoms with Gasteiger partial charge in [-0.25, -0.2) is 4.68 Å². The van der Waals surface area contributed by atoms with Crippen LogP contribution < -0.4 is 16.4 Å². The van der Waals surface area contributed by atoms with E-state index >= 15 is 0 Å². The summed E-state index contributed by atoms with van der Waals surface area (Å²) in [6.45, 7) is 0. The summed E-state index contributed by atoms with van der Waals surface area (Å²) in [6.07, 6.45) is 0.481. The van der Waals surface area contributed by atoms with E-state index in [-0.39, 0.29) is 33.9 Å². The molecule has 5 rings (SSSR count). The average molecular weight is 548 g/mol. The zero-order chi connectivity index (χ0) is 28.4. The van der Waals surface area contributed by atoms with E-state index in [0.29, 0.717) is 0 Å². The van der Waals surface area contributed by atoms with Gasteiger partial charge in [0.25, 0.3) is 11.8 Å². The Balaban J connectivity index is 1.42. The fraction of sp³-hybridized carbons (Fsp3) is 0.172. The minimum Gasteiger partial charge on any atom is -0.366 e. The molecule has 0 saturated carbocycles. The van der Waals surface area contributed by atoms with Crippen molar-refractivity contribution >= 4 is 29.2 Å². The van der Waals surface area contributed by atoms with Crippen LogP contribution in [0.1, 0.15) is 60.6 Å². The highest BCUT2D eigenvalue weighted by molar-refractivity contribution is 6.13. The number of primary amides is 1. The van der Waals surface area contributed by atoms with Gasteiger partial charge in [0.1, 0.15) is 0 Å². The number of nitrogens with one attached hydrogen (secondary N) is 2. The topological polar surface area (TPSA) is 119 Å². The lowest BCUT2D eigenvalue weighted by atomic mass is 9.89. The number of carbonyl (C=O) groups excluding carboxylic acids is 3. The minimum absolute atomic E-state index is 0.117. The Hall–Kier alpha value is -4.93. The molecule has 4 N–H and O–H groups in total. The molecule has 1 aromatic heterocycles. The first-order valence-electron chi connectivity index (χ1n) is 12.5. The van der Waals surface area contributed by atoms with Gasteiger partial charge in [-0.15, -0.1) is 0 Å². The van der Waals surface area contributed by atoms with Crippen molar-refractivity contribution in [2.24, 2.45) is 5.73 Å². The summed E-state index contributed by atoms with van der Waals surface area (Å²) in [5, 5.41) is 9.66. The molecule has 4 aromatic rings. The third kappa shape index (κ3) is 5.73. The number of amides is 3. The molecule has 8 nitrogen and oxygen atoms in total. The number of aromatic nitrogens is 2. The van der Waals surface area contributed by atoms with Crippen molar-refractivity contribution in [2.75, 3.05) is 10.6 Å². The number of alkyl halides is 3. The quantitative estimate of drug-likeness (QED) is 0.301. The summed E-state index contributed by atoms with van der Waals surface area (Å²) in [5.41, 5.74) is 7.57. The number of fused-ring (bicyclic) bond motifs is 1. The molecule has 204 valence electrons. The Morgan fingerprint density at radius 1 is 0.825 bits per heavy atom. The molecular weight excluding hydrogens is 523 g/mol. The lowest BCUT2D eigenvalue weighted by Crippen LogP contribution is -2.20. The van der Waals surface area contributed by atoms with Gasteiger partial charge < -0.3 is 16.4 Å². The number of carbonyl (C=O) groups is 3. The van der Waals surface area contributed by atoms with Gasteiger partial charge in [-0.1, -0.05) is 12.1 Å². The number of nitrogens with two attached hydrogens (primary N) is 1. The number of benzene rings is 3. The molecule has 0 unspecified atom stereocenters. The molecule has 1 aliphatic rings. The predicted octanol–water partition coefficient (Wildman–Crippen LogP) is 5.37. The van der Waals surface area contributed by atoms with Gasteiger partial charge in [0, 0.05) is 23.4 Å². The summed E-state index contributed by atoms with van der Waals surface area (Å²) in [5.74, 6) is -1.63. The van der Waals surface area contributed by atoms with Crippen LogP contribution in [-0.4, -0.2) is 27.5 Å². The largest absolute Gasteiger partial charge is 0.416 e. The second-order valence-corrected chi connectivity index (χ2v) is 9.42. The molecule has 11 heteroatoms. The number of halogens is 3. The van der Waals surface area contributed by atoms with Crippen molar-refractivity contribution in [3.63, 3.8) is 0 Å². The molecule has 3 aromatic carbocycles. The second-order valence-electron chi connectivity index (χ2n) is 9.42. The Morgan fingerprint density at radius 2 is 1.52 bits per heavy atom. The third-order valence-electron chi connectivity index (χ3n) is 6.65. The first kappa shape index (κ1) is 26.7. The molecule has 1 aliphatic carbocycles. The zero-order valence-corrected chi connectivity index (χ0v) is 21.1. The molecule has 1 heterocycles. The number of hydrogen-bond donors (Lipinski definition) is 3. The average Bonchev–Trinajstić information content (AvgIpc) is 3.40. The van der Waals surface area contributed by atoms with E-state index in [9.17, 15) is 27.6 Å². The van der Waals surface area contributed by atoms with Crippen LogP contribution in [0.2, 0.25) is 0 Å². The zero-order valence-electron chi connectivity index (χ0n) is 21.1. The number of rotatable bonds is 6. The van der Waals surface area contributed by atoms with Gasteiger partial charge >= 0.3 is 6.18 Å². The fourth-order valence-corrected chi connectivity index (χ4v) is 4.63. The molecule has 0 spiro atoms. The first-order chi connectivity index (χ1) is 19.1. The molecule has 0 radical (unpaired) electrons. The van der Waals surface area contributed by atoms with Crippen LogP contribution in [0.5, 0.6) is 0 Å². The smallest absolute Gasteiger partial charge is 0.366 e. The normalized spacial score (nSPS) is 12.9. The Morgan fingerprint density at radius 3 is 2.25 bits per heavy atom. The number of nitrogens with zero attached hydrogens (tertiary/aromatic N) is 2. The van der Waals surface area contributed by atoms with E-state index in [0.717, 1.165) is 48.9 Å². The summed E-state index contributed by atoms with van der Waals surface area (Å²) in [6, 6.07) is 15.6. The van der Waals surface area contributed by atoms with E-state index in [1.54, 1.807) is 12.1 Å². The number of anilines is 2. The molecule has 40 heavy (non-hydrogen) atoms. The van der Waals surface area contributed by atoms with Gasteiger partial charge in [-0.2, -0.15) is 18.3 Å². The summed E-state index contributed by atoms with van der Waals surface area (Å²) >= 11 is 0. The molecular formula is C29H24F3N5O3. The maximum absolute atomic E-state index is 13.4. The fourth-order valence-electron chi connectivity index (χ4n) is 4.63. The molecule has 0 bridgehead atoms. The van der Waals surface area contributed by atoms with Crippen molar-refractivity contribution in [3.05, 3.63) is 106 Å². The van der Waals surface area contributed by atoms with Crippen molar-refractivity contribution in [3.8, 4) is 5.69 Å². The molecule has 0 aliphatic heterocycles. The standard InChI is InChI=1S/C29H24F3N5O3/c30-29(31,32)21-9-4-10-22(16-21)37-12-11-25(36-37)35-28(40)23-14-17-5-1-2-6-18(17)15-24(23)34-27(39)20-8-3-7-19(13-20)26(33)38/h3-4,7-16H,1-2,5-6H2,(H2,33,38)(H,34,39)(H,35,36,40). The van der Waals surface area contributed by atoms with Gasteiger partial charge in [0.05, 0.1) is 22.5 Å². The monoisotopic (exact) mass is 547 g/mol. The first-order valence-corrected chi connectivity index (χ1v) is 12.5. The SMILES string of the molecule is NC(=O)c1cccc(C(=O)Nc2cc3c(cc2C(=O)Nc2ccn(-c4cccc(C(F)(F)F)c4)n2)CCCC3)c1. The lowest BCUT2D eigenvalue weighted by molar-refractivity contribution is -0.137. The van der Waals surface area contributed by atoms with Gasteiger partial charge in [-0.05, 0) is 85.3 Å². The van der Waals surface area contributed by atoms with Gasteiger partial charge in [-0.3, -0.25) is 14.4 Å². The van der Waals surface area contributed by atoms with Crippen LogP contribution in [0.3, 0.4) is 0 Å². The van der Waals surface area contributed by atoms with E-state index in [4.69, 9.17) is 5.73 Å². The van der Waals surface area contributed by atoms with E-state index in [2.05, 4.69) is 15.7 Å². The predicted molar refractivity (Wildman–Crippen MR) is 143 cm³/mol. The van der Waals surface area contributed by atoms with Crippen molar-refractivity contribution in [2.45, 2.75) is 31.9 Å². The molecule has 0 fully saturated rings. The van der Waals surface area contributed by atoms with E-state index in [1.807, 2.05) is 0 Å². The highest BCUT2D eigenvalue weighted by atomic mass is 19.4. The second kappa shape index (κ2) is 10.7. The van der Waals surface area contributed by atoms with E-state index in [1.165, 1.54) is 53.3 Å². The maximum atomic E-state index is 13.4. The summed E-state index contributed by atoms with van der Waals surface area (Å²) < 4.78 is 40.6. The van der Waals surface area contributed by atoms with Crippen molar-refractivity contribution < 1.29 is 27.6 Å². The summed E-state index contributed by atoms with van der Waals surface area (Å²) in [4.78, 5) is 38.0. The van der Waals surface area contributed by atoms with E-state index < -0.39 is 29.5 Å². The third-order valence-corrected chi connectivity index (χ3v) is 6.65. The van der Waals surface area contributed by atoms with Crippen LogP contribution in [0.25, 0.3) is 5.69 Å². The minimum atomic E-state index is -4.51. The number of aryl methyl sites for hydroxylation is 2. The summed E-state index contributed by atoms with van der Waals surface area (Å²) in [7, 11) is 0. The highest BCUT2D eigenvalue weighted by Crippen LogP contribution is 2.31.